The lowest BCUT2D eigenvalue weighted by Crippen LogP contribution is -2.27. The van der Waals surface area contributed by atoms with Crippen molar-refractivity contribution in [1.82, 2.24) is 15.3 Å². The van der Waals surface area contributed by atoms with Crippen LogP contribution in [0.25, 0.3) is 0 Å². The maximum Gasteiger partial charge on any atom is 0.251 e. The molecule has 1 N–H and O–H groups in total. The summed E-state index contributed by atoms with van der Waals surface area (Å²) in [7, 11) is 2.06. The molecule has 0 aliphatic rings. The van der Waals surface area contributed by atoms with E-state index in [4.69, 9.17) is 9.97 Å². The standard InChI is InChI=1S/C26H32N4OS/c1-5-23-15-24(30(4)17-20-9-7-6-8-10-20)29-26(28-23)32-18-21-11-13-22(14-12-21)25(31)27-16-19(2)3/h6-15,19H,5,16-18H2,1-4H3,(H,27,31). The van der Waals surface area contributed by atoms with Gasteiger partial charge in [0.25, 0.3) is 5.91 Å². The summed E-state index contributed by atoms with van der Waals surface area (Å²) in [4.78, 5) is 23.9. The molecule has 3 rings (SSSR count). The molecule has 1 aromatic heterocycles. The molecule has 0 fully saturated rings. The molecule has 0 aliphatic carbocycles. The number of amides is 1. The minimum absolute atomic E-state index is 0.0250. The van der Waals surface area contributed by atoms with E-state index in [1.807, 2.05) is 30.3 Å². The maximum absolute atomic E-state index is 12.2. The number of benzene rings is 2. The van der Waals surface area contributed by atoms with Gasteiger partial charge in [0.1, 0.15) is 5.82 Å². The van der Waals surface area contributed by atoms with Crippen molar-refractivity contribution in [3.63, 3.8) is 0 Å². The second-order valence-electron chi connectivity index (χ2n) is 8.28. The summed E-state index contributed by atoms with van der Waals surface area (Å²) in [5, 5.41) is 3.73. The van der Waals surface area contributed by atoms with Crippen LogP contribution < -0.4 is 10.2 Å². The van der Waals surface area contributed by atoms with Crippen molar-refractivity contribution in [1.29, 1.82) is 0 Å². The Morgan fingerprint density at radius 1 is 1.03 bits per heavy atom. The third-order valence-corrected chi connectivity index (χ3v) is 5.93. The monoisotopic (exact) mass is 448 g/mol. The molecule has 1 amide bonds. The Morgan fingerprint density at radius 2 is 1.75 bits per heavy atom. The van der Waals surface area contributed by atoms with E-state index in [1.54, 1.807) is 11.8 Å². The highest BCUT2D eigenvalue weighted by Crippen LogP contribution is 2.24. The first kappa shape index (κ1) is 23.8. The molecule has 2 aromatic carbocycles. The molecular formula is C26H32N4OS. The Bertz CT molecular complexity index is 1010. The topological polar surface area (TPSA) is 58.1 Å². The number of rotatable bonds is 10. The lowest BCUT2D eigenvalue weighted by atomic mass is 10.1. The average molecular weight is 449 g/mol. The lowest BCUT2D eigenvalue weighted by molar-refractivity contribution is 0.0949. The quantitative estimate of drug-likeness (QED) is 0.334. The first-order chi connectivity index (χ1) is 15.4. The van der Waals surface area contributed by atoms with Crippen LogP contribution in [0.1, 0.15) is 48.0 Å². The van der Waals surface area contributed by atoms with E-state index in [0.29, 0.717) is 18.0 Å². The van der Waals surface area contributed by atoms with E-state index in [0.717, 1.165) is 41.0 Å². The summed E-state index contributed by atoms with van der Waals surface area (Å²) in [5.74, 6) is 2.09. The molecule has 32 heavy (non-hydrogen) atoms. The van der Waals surface area contributed by atoms with Gasteiger partial charge >= 0.3 is 0 Å². The van der Waals surface area contributed by atoms with Crippen LogP contribution in [-0.2, 0) is 18.7 Å². The number of aromatic nitrogens is 2. The van der Waals surface area contributed by atoms with Gasteiger partial charge in [-0.05, 0) is 35.6 Å². The largest absolute Gasteiger partial charge is 0.355 e. The minimum Gasteiger partial charge on any atom is -0.355 e. The van der Waals surface area contributed by atoms with E-state index in [1.165, 1.54) is 5.56 Å². The lowest BCUT2D eigenvalue weighted by Gasteiger charge is -2.19. The second kappa shape index (κ2) is 11.7. The zero-order valence-corrected chi connectivity index (χ0v) is 20.2. The molecule has 0 unspecified atom stereocenters. The molecule has 0 saturated carbocycles. The van der Waals surface area contributed by atoms with E-state index in [-0.39, 0.29) is 5.91 Å². The van der Waals surface area contributed by atoms with Gasteiger partial charge in [0.2, 0.25) is 0 Å². The van der Waals surface area contributed by atoms with Gasteiger partial charge in [0, 0.05) is 43.2 Å². The Hall–Kier alpha value is -2.86. The fraction of sp³-hybridized carbons (Fsp3) is 0.346. The number of hydrogen-bond donors (Lipinski definition) is 1. The van der Waals surface area contributed by atoms with Crippen molar-refractivity contribution < 1.29 is 4.79 Å². The molecule has 0 saturated heterocycles. The van der Waals surface area contributed by atoms with Gasteiger partial charge < -0.3 is 10.2 Å². The van der Waals surface area contributed by atoms with Crippen LogP contribution in [0, 0.1) is 5.92 Å². The maximum atomic E-state index is 12.2. The van der Waals surface area contributed by atoms with Crippen LogP contribution >= 0.6 is 11.8 Å². The van der Waals surface area contributed by atoms with E-state index < -0.39 is 0 Å². The smallest absolute Gasteiger partial charge is 0.251 e. The summed E-state index contributed by atoms with van der Waals surface area (Å²) in [6, 6.07) is 20.2. The van der Waals surface area contributed by atoms with Gasteiger partial charge in [-0.1, -0.05) is 75.0 Å². The number of aryl methyl sites for hydroxylation is 1. The Labute approximate surface area is 195 Å². The Kier molecular flexibility index (Phi) is 8.68. The molecule has 6 heteroatoms. The zero-order valence-electron chi connectivity index (χ0n) is 19.3. The van der Waals surface area contributed by atoms with Crippen molar-refractivity contribution in [2.75, 3.05) is 18.5 Å². The van der Waals surface area contributed by atoms with Gasteiger partial charge in [-0.2, -0.15) is 0 Å². The molecule has 0 bridgehead atoms. The van der Waals surface area contributed by atoms with Gasteiger partial charge in [-0.15, -0.1) is 0 Å². The molecule has 0 aliphatic heterocycles. The van der Waals surface area contributed by atoms with Crippen LogP contribution in [0.3, 0.4) is 0 Å². The van der Waals surface area contributed by atoms with Crippen LogP contribution in [0.4, 0.5) is 5.82 Å². The number of carbonyl (C=O) groups is 1. The van der Waals surface area contributed by atoms with Crippen LogP contribution in [0.15, 0.2) is 65.8 Å². The van der Waals surface area contributed by atoms with Crippen molar-refractivity contribution in [2.45, 2.75) is 44.6 Å². The summed E-state index contributed by atoms with van der Waals surface area (Å²) in [6.07, 6.45) is 0.864. The molecule has 0 radical (unpaired) electrons. The van der Waals surface area contributed by atoms with Crippen molar-refractivity contribution >= 4 is 23.5 Å². The van der Waals surface area contributed by atoms with Crippen LogP contribution in [0.5, 0.6) is 0 Å². The predicted octanol–water partition coefficient (Wildman–Crippen LogP) is 5.35. The highest BCUT2D eigenvalue weighted by Gasteiger charge is 2.10. The van der Waals surface area contributed by atoms with Gasteiger partial charge in [-0.3, -0.25) is 4.79 Å². The fourth-order valence-corrected chi connectivity index (χ4v) is 3.97. The van der Waals surface area contributed by atoms with Crippen molar-refractivity contribution in [2.24, 2.45) is 5.92 Å². The first-order valence-electron chi connectivity index (χ1n) is 11.1. The SMILES string of the molecule is CCc1cc(N(C)Cc2ccccc2)nc(SCc2ccc(C(=O)NCC(C)C)cc2)n1. The molecular weight excluding hydrogens is 416 g/mol. The van der Waals surface area contributed by atoms with Crippen LogP contribution in [-0.4, -0.2) is 29.5 Å². The van der Waals surface area contributed by atoms with Crippen molar-refractivity contribution in [3.05, 3.63) is 83.0 Å². The number of carbonyl (C=O) groups excluding carboxylic acids is 1. The summed E-state index contributed by atoms with van der Waals surface area (Å²) < 4.78 is 0. The summed E-state index contributed by atoms with van der Waals surface area (Å²) in [6.45, 7) is 7.76. The summed E-state index contributed by atoms with van der Waals surface area (Å²) >= 11 is 1.62. The molecule has 0 spiro atoms. The normalized spacial score (nSPS) is 10.9. The Morgan fingerprint density at radius 3 is 2.41 bits per heavy atom. The molecule has 1 heterocycles. The third-order valence-electron chi connectivity index (χ3n) is 5.02. The molecule has 5 nitrogen and oxygen atoms in total. The van der Waals surface area contributed by atoms with Crippen LogP contribution in [0.2, 0.25) is 0 Å². The molecule has 3 aromatic rings. The highest BCUT2D eigenvalue weighted by molar-refractivity contribution is 7.98. The van der Waals surface area contributed by atoms with Gasteiger partial charge in [0.05, 0.1) is 0 Å². The number of anilines is 1. The second-order valence-corrected chi connectivity index (χ2v) is 9.23. The van der Waals surface area contributed by atoms with E-state index in [9.17, 15) is 4.79 Å². The number of thioether (sulfide) groups is 1. The van der Waals surface area contributed by atoms with E-state index >= 15 is 0 Å². The predicted molar refractivity (Wildman–Crippen MR) is 133 cm³/mol. The van der Waals surface area contributed by atoms with Gasteiger partial charge in [-0.25, -0.2) is 9.97 Å². The van der Waals surface area contributed by atoms with Crippen molar-refractivity contribution in [3.8, 4) is 0 Å². The Balaban J connectivity index is 1.64. The van der Waals surface area contributed by atoms with Gasteiger partial charge in [0.15, 0.2) is 5.16 Å². The third kappa shape index (κ3) is 7.09. The molecule has 168 valence electrons. The number of nitrogens with one attached hydrogen (secondary N) is 1. The molecule has 0 atom stereocenters. The summed E-state index contributed by atoms with van der Waals surface area (Å²) in [5.41, 5.74) is 4.11. The van der Waals surface area contributed by atoms with E-state index in [2.05, 4.69) is 68.4 Å². The zero-order chi connectivity index (χ0) is 22.9. The fourth-order valence-electron chi connectivity index (χ4n) is 3.14. The average Bonchev–Trinajstić information content (AvgIpc) is 2.82. The number of nitrogens with zero attached hydrogens (tertiary/aromatic N) is 3. The first-order valence-corrected chi connectivity index (χ1v) is 12.1. The number of hydrogen-bond acceptors (Lipinski definition) is 5. The minimum atomic E-state index is -0.0250. The highest BCUT2D eigenvalue weighted by atomic mass is 32.2.